The minimum Gasteiger partial charge on any atom is -0.268 e. The van der Waals surface area contributed by atoms with E-state index in [0.29, 0.717) is 32.4 Å². The van der Waals surface area contributed by atoms with E-state index in [1.54, 1.807) is 48.5 Å². The molecule has 5 heteroatoms. The van der Waals surface area contributed by atoms with E-state index in [4.69, 9.17) is 23.2 Å². The van der Waals surface area contributed by atoms with Crippen molar-refractivity contribution in [1.29, 1.82) is 0 Å². The third-order valence-corrected chi connectivity index (χ3v) is 5.34. The summed E-state index contributed by atoms with van der Waals surface area (Å²) in [5, 5.41) is 0.843. The topological polar surface area (TPSA) is 37.4 Å². The van der Waals surface area contributed by atoms with Crippen LogP contribution in [0.15, 0.2) is 66.7 Å². The maximum atomic E-state index is 13.3. The number of hydrogen-bond acceptors (Lipinski definition) is 2. The van der Waals surface area contributed by atoms with Gasteiger partial charge in [-0.05, 0) is 60.0 Å². The van der Waals surface area contributed by atoms with Crippen LogP contribution in [0.25, 0.3) is 11.6 Å². The highest BCUT2D eigenvalue weighted by Gasteiger charge is 2.35. The molecule has 3 aromatic carbocycles. The van der Waals surface area contributed by atoms with Gasteiger partial charge >= 0.3 is 0 Å². The van der Waals surface area contributed by atoms with E-state index in [1.165, 1.54) is 4.90 Å². The van der Waals surface area contributed by atoms with Gasteiger partial charge in [-0.25, -0.2) is 4.90 Å². The second-order valence-electron chi connectivity index (χ2n) is 6.56. The summed E-state index contributed by atoms with van der Waals surface area (Å²) in [7, 11) is 0. The summed E-state index contributed by atoms with van der Waals surface area (Å²) in [6.45, 7) is 1.92. The van der Waals surface area contributed by atoms with Crippen molar-refractivity contribution in [1.82, 2.24) is 0 Å². The van der Waals surface area contributed by atoms with E-state index in [1.807, 2.05) is 31.2 Å². The average molecular weight is 408 g/mol. The van der Waals surface area contributed by atoms with Gasteiger partial charge in [0, 0.05) is 11.1 Å². The molecule has 138 valence electrons. The van der Waals surface area contributed by atoms with E-state index in [2.05, 4.69) is 0 Å². The number of carbonyl (C=O) groups excluding carboxylic acids is 2. The van der Waals surface area contributed by atoms with Gasteiger partial charge in [0.05, 0.1) is 15.7 Å². The van der Waals surface area contributed by atoms with Gasteiger partial charge in [-0.1, -0.05) is 59.6 Å². The fourth-order valence-electron chi connectivity index (χ4n) is 3.26. The van der Waals surface area contributed by atoms with E-state index in [9.17, 15) is 9.59 Å². The van der Waals surface area contributed by atoms with Gasteiger partial charge in [0.15, 0.2) is 0 Å². The molecule has 0 N–H and O–H groups in total. The highest BCUT2D eigenvalue weighted by molar-refractivity contribution is 6.44. The Morgan fingerprint density at radius 3 is 2.25 bits per heavy atom. The van der Waals surface area contributed by atoms with Crippen LogP contribution < -0.4 is 4.90 Å². The molecule has 28 heavy (non-hydrogen) atoms. The molecule has 0 fully saturated rings. The number of benzene rings is 3. The van der Waals surface area contributed by atoms with Crippen LogP contribution in [0.1, 0.15) is 27.0 Å². The second-order valence-corrected chi connectivity index (χ2v) is 7.38. The smallest absolute Gasteiger partial charge is 0.265 e. The first-order valence-corrected chi connectivity index (χ1v) is 9.43. The lowest BCUT2D eigenvalue weighted by molar-refractivity contribution is -0.112. The van der Waals surface area contributed by atoms with Gasteiger partial charge in [0.2, 0.25) is 0 Å². The van der Waals surface area contributed by atoms with Crippen molar-refractivity contribution in [3.63, 3.8) is 0 Å². The van der Waals surface area contributed by atoms with Gasteiger partial charge in [-0.15, -0.1) is 0 Å². The predicted molar refractivity (Wildman–Crippen MR) is 114 cm³/mol. The number of halogens is 2. The molecule has 3 nitrogen and oxygen atoms in total. The molecule has 0 unspecified atom stereocenters. The number of aryl methyl sites for hydroxylation is 1. The summed E-state index contributed by atoms with van der Waals surface area (Å²) < 4.78 is 0. The summed E-state index contributed by atoms with van der Waals surface area (Å²) in [5.41, 5.74) is 3.75. The van der Waals surface area contributed by atoms with Crippen LogP contribution in [-0.2, 0) is 4.79 Å². The van der Waals surface area contributed by atoms with Crippen LogP contribution in [-0.4, -0.2) is 11.8 Å². The second kappa shape index (κ2) is 7.27. The fraction of sp³-hybridized carbons (Fsp3) is 0.0435. The number of nitrogens with zero attached hydrogens (tertiary/aromatic N) is 1. The number of imide groups is 1. The Hall–Kier alpha value is -2.88. The van der Waals surface area contributed by atoms with Crippen LogP contribution in [0.4, 0.5) is 5.69 Å². The highest BCUT2D eigenvalue weighted by atomic mass is 35.5. The maximum absolute atomic E-state index is 13.3. The Morgan fingerprint density at radius 2 is 1.54 bits per heavy atom. The van der Waals surface area contributed by atoms with Crippen molar-refractivity contribution in [3.8, 4) is 0 Å². The van der Waals surface area contributed by atoms with Crippen LogP contribution in [0.3, 0.4) is 0 Å². The number of anilines is 1. The van der Waals surface area contributed by atoms with Gasteiger partial charge in [-0.2, -0.15) is 0 Å². The highest BCUT2D eigenvalue weighted by Crippen LogP contribution is 2.34. The molecule has 0 atom stereocenters. The number of amides is 2. The number of carbonyl (C=O) groups is 2. The monoisotopic (exact) mass is 407 g/mol. The zero-order valence-corrected chi connectivity index (χ0v) is 16.5. The first-order chi connectivity index (χ1) is 13.5. The summed E-state index contributed by atoms with van der Waals surface area (Å²) in [6, 6.07) is 19.6. The summed E-state index contributed by atoms with van der Waals surface area (Å²) in [6.07, 6.45) is 1.73. The third kappa shape index (κ3) is 3.24. The number of hydrogen-bond donors (Lipinski definition) is 0. The van der Waals surface area contributed by atoms with Gasteiger partial charge < -0.3 is 0 Å². The van der Waals surface area contributed by atoms with Crippen molar-refractivity contribution in [3.05, 3.63) is 99.0 Å². The lowest BCUT2D eigenvalue weighted by Crippen LogP contribution is -2.41. The van der Waals surface area contributed by atoms with Crippen molar-refractivity contribution < 1.29 is 9.59 Å². The Morgan fingerprint density at radius 1 is 0.786 bits per heavy atom. The Labute approximate surface area is 172 Å². The van der Waals surface area contributed by atoms with Crippen molar-refractivity contribution in [2.45, 2.75) is 6.92 Å². The first kappa shape index (κ1) is 18.5. The average Bonchev–Trinajstić information content (AvgIpc) is 2.68. The molecule has 0 aliphatic carbocycles. The Balaban J connectivity index is 1.91. The van der Waals surface area contributed by atoms with Gasteiger partial charge in [0.25, 0.3) is 11.8 Å². The zero-order valence-electron chi connectivity index (χ0n) is 14.9. The van der Waals surface area contributed by atoms with Crippen molar-refractivity contribution in [2.24, 2.45) is 0 Å². The molecule has 3 aromatic rings. The van der Waals surface area contributed by atoms with Crippen molar-refractivity contribution >= 4 is 52.4 Å². The molecule has 0 spiro atoms. The zero-order chi connectivity index (χ0) is 19.8. The van der Waals surface area contributed by atoms with Crippen molar-refractivity contribution in [2.75, 3.05) is 4.90 Å². The summed E-state index contributed by atoms with van der Waals surface area (Å²) >= 11 is 12.1. The largest absolute Gasteiger partial charge is 0.268 e. The van der Waals surface area contributed by atoms with Crippen LogP contribution >= 0.6 is 23.2 Å². The van der Waals surface area contributed by atoms with Gasteiger partial charge in [0.1, 0.15) is 0 Å². The molecule has 4 rings (SSSR count). The lowest BCUT2D eigenvalue weighted by Gasteiger charge is -2.29. The molecular weight excluding hydrogens is 393 g/mol. The van der Waals surface area contributed by atoms with Crippen LogP contribution in [0, 0.1) is 6.92 Å². The summed E-state index contributed by atoms with van der Waals surface area (Å²) in [5.74, 6) is -0.710. The van der Waals surface area contributed by atoms with Crippen LogP contribution in [0.2, 0.25) is 10.0 Å². The first-order valence-electron chi connectivity index (χ1n) is 8.67. The molecular formula is C23H15Cl2NO2. The number of rotatable bonds is 2. The molecule has 1 aliphatic heterocycles. The molecule has 0 bridgehead atoms. The lowest BCUT2D eigenvalue weighted by atomic mass is 9.91. The van der Waals surface area contributed by atoms with Gasteiger partial charge in [-0.3, -0.25) is 9.59 Å². The SMILES string of the molecule is Cc1cccc(N2C(=O)/C(=C\c3ccc(Cl)c(Cl)c3)c3ccccc3C2=O)c1. The predicted octanol–water partition coefficient (Wildman–Crippen LogP) is 6.03. The molecule has 2 amide bonds. The normalized spacial score (nSPS) is 15.1. The van der Waals surface area contributed by atoms with E-state index in [-0.39, 0.29) is 11.8 Å². The van der Waals surface area contributed by atoms with Crippen LogP contribution in [0.5, 0.6) is 0 Å². The molecule has 1 aliphatic rings. The molecule has 0 saturated carbocycles. The summed E-state index contributed by atoms with van der Waals surface area (Å²) in [4.78, 5) is 27.6. The minimum absolute atomic E-state index is 0.336. The molecule has 0 aromatic heterocycles. The van der Waals surface area contributed by atoms with E-state index >= 15 is 0 Å². The van der Waals surface area contributed by atoms with E-state index < -0.39 is 0 Å². The minimum atomic E-state index is -0.375. The Kier molecular flexibility index (Phi) is 4.80. The Bertz CT molecular complexity index is 1150. The molecule has 1 heterocycles. The fourth-order valence-corrected chi connectivity index (χ4v) is 3.57. The third-order valence-electron chi connectivity index (χ3n) is 4.60. The number of fused-ring (bicyclic) bond motifs is 1. The molecule has 0 radical (unpaired) electrons. The quantitative estimate of drug-likeness (QED) is 0.384. The molecule has 0 saturated heterocycles. The standard InChI is InChI=1S/C23H15Cl2NO2/c1-14-5-4-6-16(11-14)26-22(27)18-8-3-2-7-17(18)19(23(26)28)12-15-9-10-20(24)21(25)13-15/h2-13H,1H3/b19-12-. The maximum Gasteiger partial charge on any atom is 0.265 e. The van der Waals surface area contributed by atoms with E-state index in [0.717, 1.165) is 11.1 Å².